The van der Waals surface area contributed by atoms with Crippen molar-refractivity contribution in [3.8, 4) is 5.75 Å². The van der Waals surface area contributed by atoms with E-state index in [1.807, 2.05) is 0 Å². The molecule has 1 aromatic heterocycles. The monoisotopic (exact) mass is 316 g/mol. The fraction of sp³-hybridized carbons (Fsp3) is 0.286. The number of rotatable bonds is 3. The number of hydrogen-bond acceptors (Lipinski definition) is 7. The maximum Gasteiger partial charge on any atom is 0.320 e. The van der Waals surface area contributed by atoms with E-state index >= 15 is 0 Å². The highest BCUT2D eigenvalue weighted by molar-refractivity contribution is 5.98. The third kappa shape index (κ3) is 2.80. The predicted molar refractivity (Wildman–Crippen MR) is 81.3 cm³/mol. The number of guanidine groups is 1. The van der Waals surface area contributed by atoms with Crippen LogP contribution in [0.2, 0.25) is 0 Å². The van der Waals surface area contributed by atoms with E-state index in [0.717, 1.165) is 0 Å². The number of anilines is 2. The minimum atomic E-state index is -0.938. The third-order valence-corrected chi connectivity index (χ3v) is 3.60. The molecule has 0 aliphatic carbocycles. The highest BCUT2D eigenvalue weighted by Gasteiger charge is 2.42. The van der Waals surface area contributed by atoms with E-state index in [9.17, 15) is 9.90 Å². The van der Waals surface area contributed by atoms with Gasteiger partial charge in [0.1, 0.15) is 11.3 Å². The van der Waals surface area contributed by atoms with Crippen molar-refractivity contribution in [2.45, 2.75) is 18.9 Å². The second kappa shape index (κ2) is 5.27. The van der Waals surface area contributed by atoms with E-state index < -0.39 is 5.54 Å². The number of aromatic nitrogens is 2. The topological polar surface area (TPSA) is 127 Å². The van der Waals surface area contributed by atoms with Crippen LogP contribution in [0.4, 0.5) is 11.7 Å². The quantitative estimate of drug-likeness (QED) is 0.668. The van der Waals surface area contributed by atoms with Crippen LogP contribution in [0.3, 0.4) is 0 Å². The molecule has 1 saturated heterocycles. The zero-order chi connectivity index (χ0) is 16.6. The molecule has 2 aromatic rings. The first kappa shape index (κ1) is 14.8. The summed E-state index contributed by atoms with van der Waals surface area (Å²) in [6.07, 6.45) is 0.0969. The number of nitrogens with zero attached hydrogens (tertiary/aromatic N) is 3. The summed E-state index contributed by atoms with van der Waals surface area (Å²) in [6.45, 7) is 1.72. The summed E-state index contributed by atoms with van der Waals surface area (Å²) in [5.41, 5.74) is -0.350. The van der Waals surface area contributed by atoms with Crippen LogP contribution in [0.1, 0.15) is 19.2 Å². The largest absolute Gasteiger partial charge is 0.508 e. The van der Waals surface area contributed by atoms with Crippen LogP contribution >= 0.6 is 0 Å². The van der Waals surface area contributed by atoms with Gasteiger partial charge in [-0.3, -0.25) is 15.1 Å². The van der Waals surface area contributed by atoms with E-state index in [1.165, 1.54) is 18.0 Å². The van der Waals surface area contributed by atoms with Crippen molar-refractivity contribution < 1.29 is 14.3 Å². The summed E-state index contributed by atoms with van der Waals surface area (Å²) in [5, 5.41) is 30.9. The van der Waals surface area contributed by atoms with Gasteiger partial charge in [-0.1, -0.05) is 11.2 Å². The molecule has 0 saturated carbocycles. The molecular formula is C14H16N6O3. The number of phenolic OH excluding ortho intramolecular Hbond substituents is 1. The zero-order valence-corrected chi connectivity index (χ0v) is 12.6. The number of carbonyl (C=O) groups is 1. The molecule has 0 spiro atoms. The predicted octanol–water partition coefficient (Wildman–Crippen LogP) is 1.12. The molecular weight excluding hydrogens is 300 g/mol. The van der Waals surface area contributed by atoms with Crippen LogP contribution < -0.4 is 10.6 Å². The minimum absolute atomic E-state index is 0.0237. The van der Waals surface area contributed by atoms with Crippen LogP contribution in [-0.2, 0) is 10.3 Å². The van der Waals surface area contributed by atoms with Crippen LogP contribution in [-0.4, -0.2) is 39.1 Å². The summed E-state index contributed by atoms with van der Waals surface area (Å²) < 4.78 is 5.56. The van der Waals surface area contributed by atoms with E-state index in [2.05, 4.69) is 20.8 Å². The maximum absolute atomic E-state index is 11.9. The van der Waals surface area contributed by atoms with Gasteiger partial charge in [0.15, 0.2) is 5.96 Å². The van der Waals surface area contributed by atoms with Gasteiger partial charge < -0.3 is 20.2 Å². The van der Waals surface area contributed by atoms with Crippen LogP contribution in [0.25, 0.3) is 0 Å². The van der Waals surface area contributed by atoms with Crippen molar-refractivity contribution in [1.29, 1.82) is 5.41 Å². The average Bonchev–Trinajstić information content (AvgIpc) is 2.94. The lowest BCUT2D eigenvalue weighted by Crippen LogP contribution is -2.58. The van der Waals surface area contributed by atoms with Gasteiger partial charge in [0, 0.05) is 18.8 Å². The van der Waals surface area contributed by atoms with Crippen LogP contribution in [0.5, 0.6) is 5.75 Å². The maximum atomic E-state index is 11.9. The van der Waals surface area contributed by atoms with Crippen LogP contribution in [0, 0.1) is 5.41 Å². The molecule has 1 aromatic carbocycles. The smallest absolute Gasteiger partial charge is 0.320 e. The molecule has 0 radical (unpaired) electrons. The van der Waals surface area contributed by atoms with Gasteiger partial charge in [-0.05, 0) is 19.1 Å². The number of aromatic hydroxyl groups is 1. The molecule has 1 fully saturated rings. The average molecular weight is 316 g/mol. The SMILES string of the molecule is CN1C(=N)N[C@](C)(c2nnc(Nc3cccc(O)c3)o2)CC1=O. The number of carbonyl (C=O) groups excluding carboxylic acids is 1. The summed E-state index contributed by atoms with van der Waals surface area (Å²) >= 11 is 0. The molecule has 1 aliphatic rings. The molecule has 9 nitrogen and oxygen atoms in total. The van der Waals surface area contributed by atoms with Crippen molar-refractivity contribution in [1.82, 2.24) is 20.4 Å². The second-order valence-electron chi connectivity index (χ2n) is 5.52. The molecule has 23 heavy (non-hydrogen) atoms. The Morgan fingerprint density at radius 3 is 2.96 bits per heavy atom. The van der Waals surface area contributed by atoms with Gasteiger partial charge >= 0.3 is 6.01 Å². The first-order valence-electron chi connectivity index (χ1n) is 6.91. The van der Waals surface area contributed by atoms with Gasteiger partial charge in [-0.2, -0.15) is 0 Å². The number of nitrogens with one attached hydrogen (secondary N) is 3. The van der Waals surface area contributed by atoms with Crippen LogP contribution in [0.15, 0.2) is 28.7 Å². The highest BCUT2D eigenvalue weighted by Crippen LogP contribution is 2.29. The van der Waals surface area contributed by atoms with Crippen molar-refractivity contribution in [2.75, 3.05) is 12.4 Å². The van der Waals surface area contributed by atoms with E-state index in [4.69, 9.17) is 9.83 Å². The van der Waals surface area contributed by atoms with Crippen molar-refractivity contribution in [2.24, 2.45) is 0 Å². The van der Waals surface area contributed by atoms with Gasteiger partial charge in [0.25, 0.3) is 0 Å². The summed E-state index contributed by atoms with van der Waals surface area (Å²) in [7, 11) is 1.53. The minimum Gasteiger partial charge on any atom is -0.508 e. The number of amides is 1. The Hall–Kier alpha value is -3.10. The normalized spacial score (nSPS) is 21.2. The molecule has 2 heterocycles. The Labute approximate surface area is 131 Å². The van der Waals surface area contributed by atoms with E-state index in [0.29, 0.717) is 5.69 Å². The first-order chi connectivity index (χ1) is 10.9. The van der Waals surface area contributed by atoms with Gasteiger partial charge in [0.05, 0.1) is 6.42 Å². The lowest BCUT2D eigenvalue weighted by molar-refractivity contribution is -0.129. The van der Waals surface area contributed by atoms with Crippen molar-refractivity contribution >= 4 is 23.6 Å². The Morgan fingerprint density at radius 2 is 2.26 bits per heavy atom. The molecule has 0 unspecified atom stereocenters. The summed E-state index contributed by atoms with van der Waals surface area (Å²) in [5.74, 6) is 0.0745. The zero-order valence-electron chi connectivity index (χ0n) is 12.6. The molecule has 4 N–H and O–H groups in total. The highest BCUT2D eigenvalue weighted by atomic mass is 16.4. The van der Waals surface area contributed by atoms with Gasteiger partial charge in [-0.25, -0.2) is 0 Å². The fourth-order valence-corrected chi connectivity index (χ4v) is 2.27. The lowest BCUT2D eigenvalue weighted by Gasteiger charge is -2.36. The second-order valence-corrected chi connectivity index (χ2v) is 5.52. The Kier molecular flexibility index (Phi) is 3.40. The van der Waals surface area contributed by atoms with Gasteiger partial charge in [0.2, 0.25) is 11.8 Å². The molecule has 1 atom stereocenters. The molecule has 120 valence electrons. The summed E-state index contributed by atoms with van der Waals surface area (Å²) in [4.78, 5) is 13.2. The first-order valence-corrected chi connectivity index (χ1v) is 6.91. The Morgan fingerprint density at radius 1 is 1.48 bits per heavy atom. The molecule has 0 bridgehead atoms. The van der Waals surface area contributed by atoms with E-state index in [-0.39, 0.29) is 35.9 Å². The number of hydrogen-bond donors (Lipinski definition) is 4. The van der Waals surface area contributed by atoms with Crippen molar-refractivity contribution in [3.63, 3.8) is 0 Å². The van der Waals surface area contributed by atoms with Gasteiger partial charge in [-0.15, -0.1) is 5.10 Å². The molecule has 9 heteroatoms. The Bertz CT molecular complexity index is 753. The fourth-order valence-electron chi connectivity index (χ4n) is 2.27. The Balaban J connectivity index is 1.81. The summed E-state index contributed by atoms with van der Waals surface area (Å²) in [6, 6.07) is 6.60. The lowest BCUT2D eigenvalue weighted by atomic mass is 9.95. The standard InChI is InChI=1S/C14H16N6O3/c1-14(7-10(22)20(2)12(15)17-14)11-18-19-13(23-11)16-8-4-3-5-9(21)6-8/h3-6,21H,7H2,1-2H3,(H2,15,17)(H,16,19)/t14-/m0/s1. The molecule has 1 aliphatic heterocycles. The third-order valence-electron chi connectivity index (χ3n) is 3.60. The van der Waals surface area contributed by atoms with E-state index in [1.54, 1.807) is 25.1 Å². The van der Waals surface area contributed by atoms with Crippen molar-refractivity contribution in [3.05, 3.63) is 30.2 Å². The molecule has 1 amide bonds. The number of benzene rings is 1. The molecule has 3 rings (SSSR count). The number of phenols is 1.